The quantitative estimate of drug-likeness (QED) is 0.487. The Morgan fingerprint density at radius 2 is 1.86 bits per heavy atom. The molecule has 0 aromatic rings. The van der Waals surface area contributed by atoms with Crippen molar-refractivity contribution in [2.24, 2.45) is 0 Å². The fourth-order valence-corrected chi connectivity index (χ4v) is 1.73. The number of thioether (sulfide) groups is 1. The summed E-state index contributed by atoms with van der Waals surface area (Å²) in [5.74, 6) is 5.56. The van der Waals surface area contributed by atoms with Gasteiger partial charge in [-0.15, -0.1) is 0 Å². The molecule has 0 atom stereocenters. The molecule has 0 aliphatic carbocycles. The van der Waals surface area contributed by atoms with Crippen molar-refractivity contribution < 1.29 is 13.2 Å². The van der Waals surface area contributed by atoms with E-state index in [2.05, 4.69) is 12.8 Å². The first-order chi connectivity index (χ1) is 6.56. The summed E-state index contributed by atoms with van der Waals surface area (Å²) >= 11 is 1.85. The maximum atomic E-state index is 11.6. The standard InChI is InChI=1S/C10H15F3S/c1-2-8-14-9-6-4-3-5-7-10(11,12)13/h2-4,6,8-9H2,1H3. The van der Waals surface area contributed by atoms with E-state index in [9.17, 15) is 13.2 Å². The molecule has 0 aromatic heterocycles. The van der Waals surface area contributed by atoms with Crippen LogP contribution in [0.5, 0.6) is 0 Å². The zero-order valence-corrected chi connectivity index (χ0v) is 9.10. The van der Waals surface area contributed by atoms with Gasteiger partial charge >= 0.3 is 6.18 Å². The minimum atomic E-state index is -4.32. The van der Waals surface area contributed by atoms with E-state index in [1.807, 2.05) is 11.8 Å². The van der Waals surface area contributed by atoms with E-state index in [0.717, 1.165) is 30.8 Å². The first-order valence-electron chi connectivity index (χ1n) is 4.70. The van der Waals surface area contributed by atoms with Gasteiger partial charge in [-0.1, -0.05) is 12.8 Å². The highest BCUT2D eigenvalue weighted by Gasteiger charge is 2.22. The van der Waals surface area contributed by atoms with Crippen molar-refractivity contribution >= 4 is 11.8 Å². The molecule has 0 fully saturated rings. The molecule has 0 nitrogen and oxygen atoms in total. The van der Waals surface area contributed by atoms with Crippen LogP contribution in [0, 0.1) is 11.8 Å². The smallest absolute Gasteiger partial charge is 0.162 e. The van der Waals surface area contributed by atoms with Crippen molar-refractivity contribution in [2.45, 2.75) is 38.8 Å². The second kappa shape index (κ2) is 8.05. The van der Waals surface area contributed by atoms with E-state index in [-0.39, 0.29) is 0 Å². The monoisotopic (exact) mass is 224 g/mol. The minimum absolute atomic E-state index is 0.353. The predicted molar refractivity (Wildman–Crippen MR) is 55.3 cm³/mol. The summed E-state index contributed by atoms with van der Waals surface area (Å²) in [5, 5.41) is 0. The third kappa shape index (κ3) is 11.7. The van der Waals surface area contributed by atoms with Gasteiger partial charge in [-0.3, -0.25) is 0 Å². The second-order valence-corrected chi connectivity index (χ2v) is 4.09. The van der Waals surface area contributed by atoms with E-state index in [0.29, 0.717) is 6.42 Å². The Hall–Kier alpha value is -0.300. The molecule has 0 rings (SSSR count). The van der Waals surface area contributed by atoms with Crippen molar-refractivity contribution in [3.05, 3.63) is 0 Å². The van der Waals surface area contributed by atoms with Crippen LogP contribution in [0.15, 0.2) is 0 Å². The van der Waals surface area contributed by atoms with Crippen molar-refractivity contribution in [3.63, 3.8) is 0 Å². The summed E-state index contributed by atoms with van der Waals surface area (Å²) in [6, 6.07) is 0. The van der Waals surface area contributed by atoms with Gasteiger partial charge in [0.1, 0.15) is 0 Å². The molecule has 82 valence electrons. The molecule has 4 heteroatoms. The molecule has 0 amide bonds. The summed E-state index contributed by atoms with van der Waals surface area (Å²) in [5.41, 5.74) is 0. The summed E-state index contributed by atoms with van der Waals surface area (Å²) in [4.78, 5) is 0. The van der Waals surface area contributed by atoms with Crippen LogP contribution in [0.2, 0.25) is 0 Å². The number of rotatable bonds is 6. The van der Waals surface area contributed by atoms with Crippen LogP contribution < -0.4 is 0 Å². The Morgan fingerprint density at radius 1 is 1.14 bits per heavy atom. The molecule has 0 bridgehead atoms. The third-order valence-corrected chi connectivity index (χ3v) is 2.69. The van der Waals surface area contributed by atoms with E-state index in [1.165, 1.54) is 5.92 Å². The second-order valence-electron chi connectivity index (χ2n) is 2.87. The first-order valence-corrected chi connectivity index (χ1v) is 5.86. The molecule has 14 heavy (non-hydrogen) atoms. The van der Waals surface area contributed by atoms with Gasteiger partial charge in [0.05, 0.1) is 0 Å². The third-order valence-electron chi connectivity index (χ3n) is 1.42. The van der Waals surface area contributed by atoms with Crippen LogP contribution >= 0.6 is 11.8 Å². The van der Waals surface area contributed by atoms with Gasteiger partial charge in [0.2, 0.25) is 0 Å². The van der Waals surface area contributed by atoms with Crippen molar-refractivity contribution in [1.29, 1.82) is 0 Å². The Labute approximate surface area is 87.6 Å². The highest BCUT2D eigenvalue weighted by Crippen LogP contribution is 2.12. The van der Waals surface area contributed by atoms with Gasteiger partial charge in [-0.2, -0.15) is 24.9 Å². The molecule has 0 saturated heterocycles. The lowest BCUT2D eigenvalue weighted by atomic mass is 10.2. The number of halogens is 3. The van der Waals surface area contributed by atoms with E-state index < -0.39 is 6.18 Å². The zero-order chi connectivity index (χ0) is 10.9. The molecule has 0 aromatic carbocycles. The number of alkyl halides is 3. The molecule has 0 aliphatic heterocycles. The van der Waals surface area contributed by atoms with Crippen LogP contribution in [0.25, 0.3) is 0 Å². The average molecular weight is 224 g/mol. The highest BCUT2D eigenvalue weighted by atomic mass is 32.2. The van der Waals surface area contributed by atoms with Gasteiger partial charge in [0.15, 0.2) is 0 Å². The topological polar surface area (TPSA) is 0 Å². The fourth-order valence-electron chi connectivity index (χ4n) is 0.827. The van der Waals surface area contributed by atoms with Crippen LogP contribution in [-0.2, 0) is 0 Å². The van der Waals surface area contributed by atoms with Crippen LogP contribution in [0.1, 0.15) is 32.6 Å². The fraction of sp³-hybridized carbons (Fsp3) is 0.800. The van der Waals surface area contributed by atoms with Gasteiger partial charge in [-0.25, -0.2) is 0 Å². The molecule has 0 heterocycles. The van der Waals surface area contributed by atoms with Gasteiger partial charge in [0.25, 0.3) is 0 Å². The Bertz CT molecular complexity index is 188. The largest absolute Gasteiger partial charge is 0.457 e. The lowest BCUT2D eigenvalue weighted by Crippen LogP contribution is -2.01. The Kier molecular flexibility index (Phi) is 7.87. The normalized spacial score (nSPS) is 10.9. The molecular formula is C10H15F3S. The summed E-state index contributed by atoms with van der Waals surface area (Å²) in [6.07, 6.45) is -1.10. The van der Waals surface area contributed by atoms with Crippen LogP contribution in [0.3, 0.4) is 0 Å². The van der Waals surface area contributed by atoms with Gasteiger partial charge < -0.3 is 0 Å². The van der Waals surface area contributed by atoms with E-state index in [4.69, 9.17) is 0 Å². The minimum Gasteiger partial charge on any atom is -0.162 e. The molecule has 0 spiro atoms. The average Bonchev–Trinajstić information content (AvgIpc) is 2.08. The Morgan fingerprint density at radius 3 is 2.43 bits per heavy atom. The maximum Gasteiger partial charge on any atom is 0.457 e. The SMILES string of the molecule is CCCSCCCCC#CC(F)(F)F. The van der Waals surface area contributed by atoms with Crippen molar-refractivity contribution in [3.8, 4) is 11.8 Å². The van der Waals surface area contributed by atoms with Gasteiger partial charge in [0, 0.05) is 12.3 Å². The number of hydrogen-bond donors (Lipinski definition) is 0. The van der Waals surface area contributed by atoms with Gasteiger partial charge in [-0.05, 0) is 30.8 Å². The highest BCUT2D eigenvalue weighted by molar-refractivity contribution is 7.99. The molecule has 0 saturated carbocycles. The zero-order valence-electron chi connectivity index (χ0n) is 8.28. The van der Waals surface area contributed by atoms with Crippen molar-refractivity contribution in [2.75, 3.05) is 11.5 Å². The molecule has 0 aliphatic rings. The summed E-state index contributed by atoms with van der Waals surface area (Å²) in [6.45, 7) is 2.11. The van der Waals surface area contributed by atoms with Crippen LogP contribution in [-0.4, -0.2) is 17.7 Å². The first kappa shape index (κ1) is 13.7. The molecule has 0 unspecified atom stereocenters. The number of unbranched alkanes of at least 4 members (excludes halogenated alkanes) is 2. The van der Waals surface area contributed by atoms with Crippen LogP contribution in [0.4, 0.5) is 13.2 Å². The molecular weight excluding hydrogens is 209 g/mol. The lowest BCUT2D eigenvalue weighted by molar-refractivity contribution is -0.0697. The summed E-state index contributed by atoms with van der Waals surface area (Å²) < 4.78 is 34.7. The summed E-state index contributed by atoms with van der Waals surface area (Å²) in [7, 11) is 0. The maximum absolute atomic E-state index is 11.6. The van der Waals surface area contributed by atoms with E-state index >= 15 is 0 Å². The predicted octanol–water partition coefficient (Wildman–Crippen LogP) is 3.87. The molecule has 0 N–H and O–H groups in total. The van der Waals surface area contributed by atoms with Crippen molar-refractivity contribution in [1.82, 2.24) is 0 Å². The lowest BCUT2D eigenvalue weighted by Gasteiger charge is -1.97. The molecule has 0 radical (unpaired) electrons. The number of hydrogen-bond acceptors (Lipinski definition) is 1. The van der Waals surface area contributed by atoms with E-state index in [1.54, 1.807) is 0 Å². The Balaban J connectivity index is 3.24.